The summed E-state index contributed by atoms with van der Waals surface area (Å²) in [6.07, 6.45) is 3.04. The Morgan fingerprint density at radius 3 is 2.47 bits per heavy atom. The van der Waals surface area contributed by atoms with E-state index < -0.39 is 5.92 Å². The van der Waals surface area contributed by atoms with Crippen LogP contribution in [-0.2, 0) is 0 Å². The number of hydrogen-bond acceptors (Lipinski definition) is 3. The van der Waals surface area contributed by atoms with Crippen LogP contribution < -0.4 is 5.32 Å². The third kappa shape index (κ3) is 3.32. The molecule has 1 N–H and O–H groups in total. The predicted octanol–water partition coefficient (Wildman–Crippen LogP) is 4.00. The summed E-state index contributed by atoms with van der Waals surface area (Å²) in [5, 5.41) is 3.56. The molecule has 0 amide bonds. The molecule has 1 heterocycles. The molecule has 2 aliphatic carbocycles. The molecule has 1 aromatic rings. The van der Waals surface area contributed by atoms with E-state index in [0.29, 0.717) is 29.9 Å². The summed E-state index contributed by atoms with van der Waals surface area (Å²) in [6, 6.07) is 1.81. The van der Waals surface area contributed by atoms with Gasteiger partial charge in [-0.1, -0.05) is 11.6 Å². The maximum absolute atomic E-state index is 13.1. The van der Waals surface area contributed by atoms with Crippen molar-refractivity contribution in [3.05, 3.63) is 16.9 Å². The molecule has 104 valence electrons. The second kappa shape index (κ2) is 4.85. The molecule has 3 nitrogen and oxygen atoms in total. The average Bonchev–Trinajstić information content (AvgIpc) is 3.15. The van der Waals surface area contributed by atoms with Gasteiger partial charge in [0.05, 0.1) is 5.69 Å². The highest BCUT2D eigenvalue weighted by Gasteiger charge is 2.35. The highest BCUT2D eigenvalue weighted by atomic mass is 35.5. The van der Waals surface area contributed by atoms with Crippen molar-refractivity contribution in [3.8, 4) is 0 Å². The molecule has 1 aromatic heterocycles. The summed E-state index contributed by atoms with van der Waals surface area (Å²) in [5.74, 6) is -1.53. The first-order valence-electron chi connectivity index (χ1n) is 6.71. The molecule has 2 aliphatic rings. The van der Waals surface area contributed by atoms with Gasteiger partial charge in [0.1, 0.15) is 5.15 Å². The van der Waals surface area contributed by atoms with E-state index >= 15 is 0 Å². The molecule has 0 aromatic carbocycles. The average molecular weight is 288 g/mol. The fourth-order valence-electron chi connectivity index (χ4n) is 2.45. The number of halogens is 3. The van der Waals surface area contributed by atoms with E-state index in [-0.39, 0.29) is 18.9 Å². The second-order valence-electron chi connectivity index (χ2n) is 5.49. The minimum atomic E-state index is -2.51. The number of aromatic nitrogens is 2. The SMILES string of the molecule is FC1(F)CCC(Nc2nc(Cl)cc(C3CC3)n2)CC1. The zero-order valence-electron chi connectivity index (χ0n) is 10.5. The molecule has 0 atom stereocenters. The monoisotopic (exact) mass is 287 g/mol. The van der Waals surface area contributed by atoms with Gasteiger partial charge >= 0.3 is 0 Å². The first-order chi connectivity index (χ1) is 9.02. The molecule has 3 rings (SSSR count). The molecule has 2 saturated carbocycles. The van der Waals surface area contributed by atoms with Gasteiger partial charge in [-0.2, -0.15) is 0 Å². The van der Waals surface area contributed by atoms with Crippen molar-refractivity contribution in [2.24, 2.45) is 0 Å². The number of nitrogens with one attached hydrogen (secondary N) is 1. The molecule has 0 aliphatic heterocycles. The number of anilines is 1. The van der Waals surface area contributed by atoms with Crippen molar-refractivity contribution in [2.75, 3.05) is 5.32 Å². The van der Waals surface area contributed by atoms with Crippen LogP contribution in [0.15, 0.2) is 6.07 Å². The zero-order chi connectivity index (χ0) is 13.5. The normalized spacial score (nSPS) is 23.3. The maximum atomic E-state index is 13.1. The Kier molecular flexibility index (Phi) is 3.33. The molecule has 19 heavy (non-hydrogen) atoms. The lowest BCUT2D eigenvalue weighted by atomic mass is 9.92. The summed E-state index contributed by atoms with van der Waals surface area (Å²) in [7, 11) is 0. The van der Waals surface area contributed by atoms with Crippen molar-refractivity contribution < 1.29 is 8.78 Å². The van der Waals surface area contributed by atoms with E-state index in [0.717, 1.165) is 18.5 Å². The number of nitrogens with zero attached hydrogens (tertiary/aromatic N) is 2. The Hall–Kier alpha value is -0.970. The van der Waals surface area contributed by atoms with E-state index in [2.05, 4.69) is 15.3 Å². The van der Waals surface area contributed by atoms with Crippen LogP contribution in [0.3, 0.4) is 0 Å². The third-order valence-electron chi connectivity index (χ3n) is 3.76. The molecule has 0 bridgehead atoms. The van der Waals surface area contributed by atoms with Gasteiger partial charge < -0.3 is 5.32 Å². The lowest BCUT2D eigenvalue weighted by molar-refractivity contribution is -0.0361. The lowest BCUT2D eigenvalue weighted by Gasteiger charge is -2.28. The Labute approximate surface area is 115 Å². The van der Waals surface area contributed by atoms with Crippen LogP contribution in [-0.4, -0.2) is 21.9 Å². The van der Waals surface area contributed by atoms with Crippen molar-refractivity contribution in [3.63, 3.8) is 0 Å². The molecule has 6 heteroatoms. The second-order valence-corrected chi connectivity index (χ2v) is 5.88. The van der Waals surface area contributed by atoms with Crippen LogP contribution in [0.2, 0.25) is 5.15 Å². The molecule has 0 unspecified atom stereocenters. The quantitative estimate of drug-likeness (QED) is 0.854. The number of rotatable bonds is 3. The Morgan fingerprint density at radius 2 is 1.84 bits per heavy atom. The highest BCUT2D eigenvalue weighted by molar-refractivity contribution is 6.29. The van der Waals surface area contributed by atoms with Crippen molar-refractivity contribution in [1.29, 1.82) is 0 Å². The standard InChI is InChI=1S/C13H16ClF2N3/c14-11-7-10(8-1-2-8)18-12(19-11)17-9-3-5-13(15,16)6-4-9/h7-9H,1-6H2,(H,17,18,19). The van der Waals surface area contributed by atoms with E-state index in [1.54, 1.807) is 6.07 Å². The van der Waals surface area contributed by atoms with Crippen LogP contribution in [0.4, 0.5) is 14.7 Å². The van der Waals surface area contributed by atoms with Crippen LogP contribution in [0.1, 0.15) is 50.1 Å². The summed E-state index contributed by atoms with van der Waals surface area (Å²) in [6.45, 7) is 0. The van der Waals surface area contributed by atoms with Crippen molar-refractivity contribution >= 4 is 17.5 Å². The van der Waals surface area contributed by atoms with E-state index in [1.165, 1.54) is 0 Å². The predicted molar refractivity (Wildman–Crippen MR) is 69.8 cm³/mol. The molecule has 0 saturated heterocycles. The van der Waals surface area contributed by atoms with Gasteiger partial charge in [-0.25, -0.2) is 18.7 Å². The van der Waals surface area contributed by atoms with Crippen LogP contribution in [0.25, 0.3) is 0 Å². The van der Waals surface area contributed by atoms with Gasteiger partial charge in [-0.05, 0) is 31.7 Å². The van der Waals surface area contributed by atoms with Gasteiger partial charge in [-0.3, -0.25) is 0 Å². The fraction of sp³-hybridized carbons (Fsp3) is 0.692. The first-order valence-corrected chi connectivity index (χ1v) is 7.08. The summed E-state index contributed by atoms with van der Waals surface area (Å²) in [4.78, 5) is 8.56. The van der Waals surface area contributed by atoms with Gasteiger partial charge in [-0.15, -0.1) is 0 Å². The maximum Gasteiger partial charge on any atom is 0.248 e. The molecule has 2 fully saturated rings. The van der Waals surface area contributed by atoms with Gasteiger partial charge in [0.2, 0.25) is 11.9 Å². The topological polar surface area (TPSA) is 37.8 Å². The third-order valence-corrected chi connectivity index (χ3v) is 3.95. The van der Waals surface area contributed by atoms with E-state index in [1.807, 2.05) is 0 Å². The van der Waals surface area contributed by atoms with Gasteiger partial charge in [0.25, 0.3) is 0 Å². The number of hydrogen-bond donors (Lipinski definition) is 1. The van der Waals surface area contributed by atoms with Crippen LogP contribution in [0, 0.1) is 0 Å². The Morgan fingerprint density at radius 1 is 1.16 bits per heavy atom. The van der Waals surface area contributed by atoms with Gasteiger partial charge in [0.15, 0.2) is 0 Å². The van der Waals surface area contributed by atoms with Gasteiger partial charge in [0, 0.05) is 24.8 Å². The number of alkyl halides is 2. The van der Waals surface area contributed by atoms with Crippen molar-refractivity contribution in [2.45, 2.75) is 56.4 Å². The fourth-order valence-corrected chi connectivity index (χ4v) is 2.65. The minimum absolute atomic E-state index is 0.0187. The summed E-state index contributed by atoms with van der Waals surface area (Å²) in [5.41, 5.74) is 0.962. The summed E-state index contributed by atoms with van der Waals surface area (Å²) < 4.78 is 26.2. The minimum Gasteiger partial charge on any atom is -0.351 e. The smallest absolute Gasteiger partial charge is 0.248 e. The summed E-state index contributed by atoms with van der Waals surface area (Å²) >= 11 is 5.97. The van der Waals surface area contributed by atoms with Crippen LogP contribution in [0.5, 0.6) is 0 Å². The Bertz CT molecular complexity index is 467. The van der Waals surface area contributed by atoms with E-state index in [4.69, 9.17) is 11.6 Å². The molecular formula is C13H16ClF2N3. The Balaban J connectivity index is 1.66. The molecule has 0 radical (unpaired) electrons. The highest BCUT2D eigenvalue weighted by Crippen LogP contribution is 2.40. The molecular weight excluding hydrogens is 272 g/mol. The lowest BCUT2D eigenvalue weighted by Crippen LogP contribution is -2.32. The zero-order valence-corrected chi connectivity index (χ0v) is 11.3. The first kappa shape index (κ1) is 13.0. The molecule has 0 spiro atoms. The van der Waals surface area contributed by atoms with Crippen molar-refractivity contribution in [1.82, 2.24) is 9.97 Å². The van der Waals surface area contributed by atoms with Crippen LogP contribution >= 0.6 is 11.6 Å². The van der Waals surface area contributed by atoms with E-state index in [9.17, 15) is 8.78 Å². The largest absolute Gasteiger partial charge is 0.351 e.